The molecule has 0 N–H and O–H groups in total. The number of esters is 1. The molecule has 150 valence electrons. The van der Waals surface area contributed by atoms with Gasteiger partial charge in [-0.2, -0.15) is 0 Å². The van der Waals surface area contributed by atoms with Crippen molar-refractivity contribution >= 4 is 11.7 Å². The fraction of sp³-hybridized carbons (Fsp3) is 0.304. The van der Waals surface area contributed by atoms with Crippen molar-refractivity contribution in [2.24, 2.45) is 0 Å². The van der Waals surface area contributed by atoms with Crippen LogP contribution in [-0.2, 0) is 9.47 Å². The van der Waals surface area contributed by atoms with E-state index in [0.717, 1.165) is 54.8 Å². The first-order valence-corrected chi connectivity index (χ1v) is 9.94. The van der Waals surface area contributed by atoms with Crippen LogP contribution in [0.2, 0.25) is 0 Å². The molecule has 4 rings (SSSR count). The number of rotatable bonds is 5. The Hall–Kier alpha value is -3.12. The zero-order valence-corrected chi connectivity index (χ0v) is 16.8. The van der Waals surface area contributed by atoms with Crippen LogP contribution in [0.1, 0.15) is 23.2 Å². The van der Waals surface area contributed by atoms with Crippen molar-refractivity contribution in [2.45, 2.75) is 13.8 Å². The molecule has 1 fully saturated rings. The van der Waals surface area contributed by atoms with Gasteiger partial charge in [0.05, 0.1) is 25.5 Å². The predicted octanol–water partition coefficient (Wildman–Crippen LogP) is 3.86. The summed E-state index contributed by atoms with van der Waals surface area (Å²) in [5, 5.41) is 0. The highest BCUT2D eigenvalue weighted by atomic mass is 16.5. The van der Waals surface area contributed by atoms with Crippen LogP contribution < -0.4 is 4.90 Å². The fourth-order valence-corrected chi connectivity index (χ4v) is 3.70. The zero-order chi connectivity index (χ0) is 20.2. The number of anilines is 1. The zero-order valence-electron chi connectivity index (χ0n) is 16.8. The third-order valence-corrected chi connectivity index (χ3v) is 5.03. The van der Waals surface area contributed by atoms with Crippen molar-refractivity contribution in [3.05, 3.63) is 66.1 Å². The van der Waals surface area contributed by atoms with E-state index in [-0.39, 0.29) is 0 Å². The van der Waals surface area contributed by atoms with E-state index in [1.165, 1.54) is 0 Å². The van der Waals surface area contributed by atoms with Crippen LogP contribution >= 0.6 is 0 Å². The van der Waals surface area contributed by atoms with E-state index < -0.39 is 5.97 Å². The van der Waals surface area contributed by atoms with Crippen molar-refractivity contribution in [2.75, 3.05) is 37.8 Å². The van der Waals surface area contributed by atoms with E-state index >= 15 is 0 Å². The number of hydrogen-bond donors (Lipinski definition) is 0. The first-order chi connectivity index (χ1) is 14.2. The van der Waals surface area contributed by atoms with Crippen LogP contribution in [0, 0.1) is 6.92 Å². The van der Waals surface area contributed by atoms with Crippen LogP contribution in [0.3, 0.4) is 0 Å². The van der Waals surface area contributed by atoms with Crippen LogP contribution in [0.15, 0.2) is 54.6 Å². The number of hydrogen-bond acceptors (Lipinski definition) is 5. The van der Waals surface area contributed by atoms with Crippen LogP contribution in [0.25, 0.3) is 16.9 Å². The Morgan fingerprint density at radius 3 is 2.52 bits per heavy atom. The Morgan fingerprint density at radius 2 is 1.79 bits per heavy atom. The summed E-state index contributed by atoms with van der Waals surface area (Å²) >= 11 is 0. The topological polar surface area (TPSA) is 56.6 Å². The molecule has 1 aliphatic heterocycles. The van der Waals surface area contributed by atoms with E-state index in [1.807, 2.05) is 54.0 Å². The first kappa shape index (κ1) is 19.2. The monoisotopic (exact) mass is 391 g/mol. The van der Waals surface area contributed by atoms with Crippen LogP contribution in [-0.4, -0.2) is 48.4 Å². The maximum absolute atomic E-state index is 12.6. The molecule has 6 heteroatoms. The smallest absolute Gasteiger partial charge is 0.359 e. The highest BCUT2D eigenvalue weighted by Gasteiger charge is 2.24. The van der Waals surface area contributed by atoms with Gasteiger partial charge in [0.25, 0.3) is 0 Å². The summed E-state index contributed by atoms with van der Waals surface area (Å²) in [5.41, 5.74) is 4.12. The van der Waals surface area contributed by atoms with E-state index in [1.54, 1.807) is 6.92 Å². The van der Waals surface area contributed by atoms with E-state index in [2.05, 4.69) is 22.0 Å². The number of aryl methyl sites for hydroxylation is 1. The number of imidazole rings is 1. The average molecular weight is 391 g/mol. The minimum absolute atomic E-state index is 0.311. The third kappa shape index (κ3) is 3.89. The molecule has 1 aliphatic rings. The van der Waals surface area contributed by atoms with Gasteiger partial charge in [0.2, 0.25) is 0 Å². The Morgan fingerprint density at radius 1 is 1.07 bits per heavy atom. The first-order valence-electron chi connectivity index (χ1n) is 9.94. The van der Waals surface area contributed by atoms with E-state index in [0.29, 0.717) is 12.3 Å². The molecule has 29 heavy (non-hydrogen) atoms. The molecule has 2 aromatic carbocycles. The van der Waals surface area contributed by atoms with Crippen LogP contribution in [0.5, 0.6) is 0 Å². The average Bonchev–Trinajstić information content (AvgIpc) is 3.12. The fourth-order valence-electron chi connectivity index (χ4n) is 3.70. The molecule has 0 aliphatic carbocycles. The lowest BCUT2D eigenvalue weighted by Crippen LogP contribution is -2.36. The number of carbonyl (C=O) groups is 1. The van der Waals surface area contributed by atoms with Crippen molar-refractivity contribution < 1.29 is 14.3 Å². The second-order valence-electron chi connectivity index (χ2n) is 6.90. The SMILES string of the molecule is CCOC(=O)c1nc(C)n(-c2cccc(N3CCOCC3)c2)c1-c1ccccc1. The van der Waals surface area contributed by atoms with Crippen molar-refractivity contribution in [1.29, 1.82) is 0 Å². The maximum atomic E-state index is 12.6. The molecule has 0 bridgehead atoms. The number of ether oxygens (including phenoxy) is 2. The highest BCUT2D eigenvalue weighted by molar-refractivity contribution is 5.95. The Labute approximate surface area is 170 Å². The van der Waals surface area contributed by atoms with Gasteiger partial charge in [0.1, 0.15) is 5.82 Å². The lowest BCUT2D eigenvalue weighted by molar-refractivity contribution is 0.0521. The van der Waals surface area contributed by atoms with Gasteiger partial charge < -0.3 is 14.4 Å². The normalized spacial score (nSPS) is 14.1. The summed E-state index contributed by atoms with van der Waals surface area (Å²) in [7, 11) is 0. The van der Waals surface area contributed by atoms with E-state index in [9.17, 15) is 4.79 Å². The second-order valence-corrected chi connectivity index (χ2v) is 6.90. The molecule has 0 saturated carbocycles. The number of morpholine rings is 1. The lowest BCUT2D eigenvalue weighted by Gasteiger charge is -2.29. The molecule has 3 aromatic rings. The summed E-state index contributed by atoms with van der Waals surface area (Å²) in [6.45, 7) is 7.23. The Kier molecular flexibility index (Phi) is 5.62. The minimum Gasteiger partial charge on any atom is -0.461 e. The summed E-state index contributed by atoms with van der Waals surface area (Å²) in [5.74, 6) is 0.337. The molecule has 0 radical (unpaired) electrons. The van der Waals surface area contributed by atoms with Crippen molar-refractivity contribution in [3.63, 3.8) is 0 Å². The highest BCUT2D eigenvalue weighted by Crippen LogP contribution is 2.31. The molecule has 2 heterocycles. The standard InChI is InChI=1S/C23H25N3O3/c1-3-29-23(27)21-22(18-8-5-4-6-9-18)26(17(2)24-21)20-11-7-10-19(16-20)25-12-14-28-15-13-25/h4-11,16H,3,12-15H2,1-2H3. The molecule has 6 nitrogen and oxygen atoms in total. The van der Waals surface area contributed by atoms with Gasteiger partial charge in [-0.3, -0.25) is 4.57 Å². The molecular weight excluding hydrogens is 366 g/mol. The van der Waals surface area contributed by atoms with E-state index in [4.69, 9.17) is 9.47 Å². The summed E-state index contributed by atoms with van der Waals surface area (Å²) < 4.78 is 12.8. The molecule has 1 saturated heterocycles. The minimum atomic E-state index is -0.405. The summed E-state index contributed by atoms with van der Waals surface area (Å²) in [6.07, 6.45) is 0. The van der Waals surface area contributed by atoms with Gasteiger partial charge in [-0.25, -0.2) is 9.78 Å². The van der Waals surface area contributed by atoms with Gasteiger partial charge in [0.15, 0.2) is 5.69 Å². The third-order valence-electron chi connectivity index (χ3n) is 5.03. The van der Waals surface area contributed by atoms with Crippen molar-refractivity contribution in [3.8, 4) is 16.9 Å². The lowest BCUT2D eigenvalue weighted by atomic mass is 10.1. The second kappa shape index (κ2) is 8.49. The van der Waals surface area contributed by atoms with Gasteiger partial charge in [-0.1, -0.05) is 36.4 Å². The maximum Gasteiger partial charge on any atom is 0.359 e. The van der Waals surface area contributed by atoms with Gasteiger partial charge in [0, 0.05) is 30.0 Å². The predicted molar refractivity (Wildman–Crippen MR) is 113 cm³/mol. The number of carbonyl (C=O) groups excluding carboxylic acids is 1. The molecular formula is C23H25N3O3. The molecule has 0 amide bonds. The van der Waals surface area contributed by atoms with Crippen molar-refractivity contribution in [1.82, 2.24) is 9.55 Å². The Balaban J connectivity index is 1.84. The number of nitrogens with zero attached hydrogens (tertiary/aromatic N) is 3. The summed E-state index contributed by atoms with van der Waals surface area (Å²) in [4.78, 5) is 19.5. The molecule has 1 aromatic heterocycles. The molecule has 0 unspecified atom stereocenters. The molecule has 0 spiro atoms. The van der Waals surface area contributed by atoms with Gasteiger partial charge in [-0.05, 0) is 32.0 Å². The number of benzene rings is 2. The Bertz CT molecular complexity index is 992. The van der Waals surface area contributed by atoms with Gasteiger partial charge in [-0.15, -0.1) is 0 Å². The van der Waals surface area contributed by atoms with Gasteiger partial charge >= 0.3 is 5.97 Å². The quantitative estimate of drug-likeness (QED) is 0.618. The summed E-state index contributed by atoms with van der Waals surface area (Å²) in [6, 6.07) is 18.2. The largest absolute Gasteiger partial charge is 0.461 e. The number of aromatic nitrogens is 2. The molecule has 0 atom stereocenters. The van der Waals surface area contributed by atoms with Crippen LogP contribution in [0.4, 0.5) is 5.69 Å².